The van der Waals surface area contributed by atoms with Crippen molar-refractivity contribution in [2.24, 2.45) is 5.92 Å². The van der Waals surface area contributed by atoms with Gasteiger partial charge in [0.2, 0.25) is 0 Å². The van der Waals surface area contributed by atoms with Gasteiger partial charge < -0.3 is 10.2 Å². The molecule has 1 fully saturated rings. The van der Waals surface area contributed by atoms with Gasteiger partial charge in [-0.25, -0.2) is 4.98 Å². The van der Waals surface area contributed by atoms with Crippen LogP contribution in [0.4, 0.5) is 5.82 Å². The van der Waals surface area contributed by atoms with Crippen molar-refractivity contribution in [1.82, 2.24) is 15.3 Å². The van der Waals surface area contributed by atoms with E-state index in [0.717, 1.165) is 31.1 Å². The number of anilines is 1. The molecule has 4 nitrogen and oxygen atoms in total. The molecule has 0 aromatic carbocycles. The molecule has 2 heterocycles. The molecule has 1 atom stereocenters. The van der Waals surface area contributed by atoms with Crippen LogP contribution in [0.2, 0.25) is 0 Å². The van der Waals surface area contributed by atoms with E-state index < -0.39 is 0 Å². The van der Waals surface area contributed by atoms with Crippen LogP contribution < -0.4 is 10.2 Å². The monoisotopic (exact) mass is 290 g/mol. The maximum Gasteiger partial charge on any atom is 0.147 e. The number of hydrogen-bond acceptors (Lipinski definition) is 4. The summed E-state index contributed by atoms with van der Waals surface area (Å²) in [6.45, 7) is 9.67. The third-order valence-electron chi connectivity index (χ3n) is 4.07. The highest BCUT2D eigenvalue weighted by molar-refractivity contribution is 5.38. The van der Waals surface area contributed by atoms with Crippen molar-refractivity contribution in [3.05, 3.63) is 18.1 Å². The summed E-state index contributed by atoms with van der Waals surface area (Å²) in [6.07, 6.45) is 10.2. The van der Waals surface area contributed by atoms with Gasteiger partial charge in [-0.3, -0.25) is 4.98 Å². The van der Waals surface area contributed by atoms with E-state index in [4.69, 9.17) is 4.98 Å². The molecule has 4 heteroatoms. The number of nitrogens with one attached hydrogen (secondary N) is 1. The zero-order valence-corrected chi connectivity index (χ0v) is 13.8. The summed E-state index contributed by atoms with van der Waals surface area (Å²) in [4.78, 5) is 11.7. The Kier molecular flexibility index (Phi) is 6.43. The molecule has 2 rings (SSSR count). The lowest BCUT2D eigenvalue weighted by Gasteiger charge is -2.36. The second kappa shape index (κ2) is 8.32. The first kappa shape index (κ1) is 16.2. The standard InChI is InChI=1S/C17H30N4/c1-4-7-16-8-5-6-9-21(16)17-13-19-12-15(20-17)11-18-10-14(2)3/h12-14,16,18H,4-11H2,1-3H3. The number of aromatic nitrogens is 2. The first-order valence-electron chi connectivity index (χ1n) is 8.49. The zero-order valence-electron chi connectivity index (χ0n) is 13.8. The zero-order chi connectivity index (χ0) is 15.1. The van der Waals surface area contributed by atoms with Gasteiger partial charge in [0.25, 0.3) is 0 Å². The molecule has 118 valence electrons. The third-order valence-corrected chi connectivity index (χ3v) is 4.07. The van der Waals surface area contributed by atoms with Crippen LogP contribution in [0.5, 0.6) is 0 Å². The summed E-state index contributed by atoms with van der Waals surface area (Å²) in [7, 11) is 0. The van der Waals surface area contributed by atoms with Gasteiger partial charge in [-0.2, -0.15) is 0 Å². The van der Waals surface area contributed by atoms with Gasteiger partial charge in [0.05, 0.1) is 11.9 Å². The second-order valence-corrected chi connectivity index (χ2v) is 6.53. The van der Waals surface area contributed by atoms with E-state index in [1.165, 1.54) is 32.1 Å². The smallest absolute Gasteiger partial charge is 0.147 e. The fourth-order valence-electron chi connectivity index (χ4n) is 3.04. The van der Waals surface area contributed by atoms with Crippen molar-refractivity contribution in [3.8, 4) is 0 Å². The number of nitrogens with zero attached hydrogens (tertiary/aromatic N) is 3. The molecule has 0 saturated carbocycles. The molecule has 0 aliphatic carbocycles. The Morgan fingerprint density at radius 3 is 2.95 bits per heavy atom. The maximum absolute atomic E-state index is 4.83. The van der Waals surface area contributed by atoms with Crippen molar-refractivity contribution in [2.75, 3.05) is 18.0 Å². The van der Waals surface area contributed by atoms with Gasteiger partial charge in [0.15, 0.2) is 0 Å². The molecular formula is C17H30N4. The van der Waals surface area contributed by atoms with E-state index in [-0.39, 0.29) is 0 Å². The fraction of sp³-hybridized carbons (Fsp3) is 0.765. The molecule has 1 N–H and O–H groups in total. The van der Waals surface area contributed by atoms with Crippen molar-refractivity contribution in [3.63, 3.8) is 0 Å². The predicted octanol–water partition coefficient (Wildman–Crippen LogP) is 3.38. The van der Waals surface area contributed by atoms with Gasteiger partial charge in [-0.05, 0) is 38.1 Å². The highest BCUT2D eigenvalue weighted by Crippen LogP contribution is 2.25. The van der Waals surface area contributed by atoms with Crippen molar-refractivity contribution < 1.29 is 0 Å². The lowest BCUT2D eigenvalue weighted by molar-refractivity contribution is 0.431. The average molecular weight is 290 g/mol. The minimum Gasteiger partial charge on any atom is -0.352 e. The SMILES string of the molecule is CCCC1CCCCN1c1cncc(CNCC(C)C)n1. The van der Waals surface area contributed by atoms with Crippen LogP contribution in [-0.4, -0.2) is 29.1 Å². The summed E-state index contributed by atoms with van der Waals surface area (Å²) in [5, 5.41) is 3.45. The number of hydrogen-bond donors (Lipinski definition) is 1. The summed E-state index contributed by atoms with van der Waals surface area (Å²) in [5.74, 6) is 1.73. The summed E-state index contributed by atoms with van der Waals surface area (Å²) in [6, 6.07) is 0.650. The summed E-state index contributed by atoms with van der Waals surface area (Å²) < 4.78 is 0. The lowest BCUT2D eigenvalue weighted by Crippen LogP contribution is -2.40. The van der Waals surface area contributed by atoms with Crippen LogP contribution in [0.1, 0.15) is 58.6 Å². The van der Waals surface area contributed by atoms with E-state index >= 15 is 0 Å². The predicted molar refractivity (Wildman–Crippen MR) is 88.5 cm³/mol. The van der Waals surface area contributed by atoms with E-state index in [2.05, 4.69) is 36.0 Å². The van der Waals surface area contributed by atoms with Crippen LogP contribution in [-0.2, 0) is 6.54 Å². The van der Waals surface area contributed by atoms with Crippen molar-refractivity contribution >= 4 is 5.82 Å². The first-order chi connectivity index (χ1) is 10.2. The molecular weight excluding hydrogens is 260 g/mol. The third kappa shape index (κ3) is 4.95. The Bertz CT molecular complexity index is 417. The van der Waals surface area contributed by atoms with Crippen LogP contribution >= 0.6 is 0 Å². The fourth-order valence-corrected chi connectivity index (χ4v) is 3.04. The van der Waals surface area contributed by atoms with Crippen LogP contribution in [0.25, 0.3) is 0 Å². The minimum absolute atomic E-state index is 0.650. The molecule has 1 aliphatic rings. The largest absolute Gasteiger partial charge is 0.352 e. The molecule has 1 aromatic rings. The van der Waals surface area contributed by atoms with Gasteiger partial charge in [-0.15, -0.1) is 0 Å². The molecule has 1 aliphatic heterocycles. The van der Waals surface area contributed by atoms with E-state index in [0.29, 0.717) is 12.0 Å². The highest BCUT2D eigenvalue weighted by atomic mass is 15.2. The van der Waals surface area contributed by atoms with Gasteiger partial charge in [0.1, 0.15) is 5.82 Å². The lowest BCUT2D eigenvalue weighted by atomic mass is 9.98. The van der Waals surface area contributed by atoms with Crippen molar-refractivity contribution in [1.29, 1.82) is 0 Å². The van der Waals surface area contributed by atoms with Crippen LogP contribution in [0.3, 0.4) is 0 Å². The number of piperidine rings is 1. The molecule has 0 radical (unpaired) electrons. The Balaban J connectivity index is 2.01. The van der Waals surface area contributed by atoms with E-state index in [9.17, 15) is 0 Å². The second-order valence-electron chi connectivity index (χ2n) is 6.53. The average Bonchev–Trinajstić information content (AvgIpc) is 2.48. The van der Waals surface area contributed by atoms with E-state index in [1.807, 2.05) is 12.4 Å². The molecule has 1 aromatic heterocycles. The molecule has 0 amide bonds. The van der Waals surface area contributed by atoms with Gasteiger partial charge >= 0.3 is 0 Å². The Morgan fingerprint density at radius 2 is 2.19 bits per heavy atom. The summed E-state index contributed by atoms with van der Waals surface area (Å²) in [5.41, 5.74) is 1.05. The Labute approximate surface area is 129 Å². The van der Waals surface area contributed by atoms with Gasteiger partial charge in [-0.1, -0.05) is 27.2 Å². The number of rotatable bonds is 7. The van der Waals surface area contributed by atoms with Crippen molar-refractivity contribution in [2.45, 2.75) is 65.5 Å². The Hall–Kier alpha value is -1.16. The molecule has 0 bridgehead atoms. The molecule has 1 saturated heterocycles. The van der Waals surface area contributed by atoms with E-state index in [1.54, 1.807) is 0 Å². The first-order valence-corrected chi connectivity index (χ1v) is 8.49. The van der Waals surface area contributed by atoms with Gasteiger partial charge in [0, 0.05) is 25.3 Å². The highest BCUT2D eigenvalue weighted by Gasteiger charge is 2.23. The minimum atomic E-state index is 0.650. The quantitative estimate of drug-likeness (QED) is 0.836. The summed E-state index contributed by atoms with van der Waals surface area (Å²) >= 11 is 0. The normalized spacial score (nSPS) is 19.2. The maximum atomic E-state index is 4.83. The molecule has 0 spiro atoms. The Morgan fingerprint density at radius 1 is 1.33 bits per heavy atom. The molecule has 21 heavy (non-hydrogen) atoms. The topological polar surface area (TPSA) is 41.1 Å². The van der Waals surface area contributed by atoms with Crippen LogP contribution in [0.15, 0.2) is 12.4 Å². The van der Waals surface area contributed by atoms with Crippen LogP contribution in [0, 0.1) is 5.92 Å². The molecule has 1 unspecified atom stereocenters.